The second-order valence-electron chi connectivity index (χ2n) is 7.46. The highest BCUT2D eigenvalue weighted by Gasteiger charge is 2.18. The van der Waals surface area contributed by atoms with Crippen LogP contribution in [0.1, 0.15) is 17.7 Å². The molecule has 2 heterocycles. The van der Waals surface area contributed by atoms with Crippen molar-refractivity contribution in [3.8, 4) is 5.75 Å². The summed E-state index contributed by atoms with van der Waals surface area (Å²) in [5, 5.41) is 19.8. The second kappa shape index (κ2) is 14.7. The van der Waals surface area contributed by atoms with Gasteiger partial charge in [-0.05, 0) is 49.0 Å². The van der Waals surface area contributed by atoms with Crippen molar-refractivity contribution >= 4 is 40.9 Å². The van der Waals surface area contributed by atoms with E-state index in [1.807, 2.05) is 35.7 Å². The number of hydrogen-bond acceptors (Lipinski definition) is 7. The minimum Gasteiger partial charge on any atom is -0.495 e. The van der Waals surface area contributed by atoms with Gasteiger partial charge in [-0.1, -0.05) is 18.2 Å². The summed E-state index contributed by atoms with van der Waals surface area (Å²) in [5.41, 5.74) is 1.18. The number of benzene rings is 1. The third kappa shape index (κ3) is 9.63. The molecule has 2 aromatic rings. The zero-order chi connectivity index (χ0) is 24.8. The number of piperazine rings is 1. The van der Waals surface area contributed by atoms with Crippen LogP contribution in [0, 0.1) is 0 Å². The fourth-order valence-electron chi connectivity index (χ4n) is 3.38. The molecule has 0 spiro atoms. The van der Waals surface area contributed by atoms with Crippen LogP contribution >= 0.6 is 11.3 Å². The molecule has 1 fully saturated rings. The number of amides is 1. The molecule has 1 aromatic carbocycles. The summed E-state index contributed by atoms with van der Waals surface area (Å²) in [7, 11) is 1.73. The quantitative estimate of drug-likeness (QED) is 0.279. The molecule has 1 aliphatic rings. The van der Waals surface area contributed by atoms with Gasteiger partial charge in [0.25, 0.3) is 0 Å². The molecule has 3 rings (SSSR count). The Hall–Kier alpha value is -3.37. The average molecular weight is 490 g/mol. The lowest BCUT2D eigenvalue weighted by Crippen LogP contribution is -2.46. The first-order valence-electron chi connectivity index (χ1n) is 11.0. The SMILES string of the molecule is COc1ccccc1N1CCN(CCCCNC(=O)/C=C/c2cccs2)CC1.O=C(O)C(=O)O. The van der Waals surface area contributed by atoms with Crippen molar-refractivity contribution in [3.05, 3.63) is 52.7 Å². The molecule has 3 N–H and O–H groups in total. The molecule has 0 unspecified atom stereocenters. The van der Waals surface area contributed by atoms with Crippen molar-refractivity contribution in [2.45, 2.75) is 12.8 Å². The van der Waals surface area contributed by atoms with Gasteiger partial charge in [-0.25, -0.2) is 9.59 Å². The first-order chi connectivity index (χ1) is 16.4. The number of methoxy groups -OCH3 is 1. The number of hydrogen-bond donors (Lipinski definition) is 3. The first-order valence-corrected chi connectivity index (χ1v) is 11.8. The van der Waals surface area contributed by atoms with Gasteiger partial charge in [-0.2, -0.15) is 0 Å². The molecule has 0 aliphatic carbocycles. The number of nitrogens with zero attached hydrogens (tertiary/aromatic N) is 2. The molecule has 9 nitrogen and oxygen atoms in total. The molecule has 10 heteroatoms. The van der Waals surface area contributed by atoms with Gasteiger partial charge in [-0.3, -0.25) is 9.69 Å². The molecule has 0 radical (unpaired) electrons. The Morgan fingerprint density at radius 2 is 1.74 bits per heavy atom. The molecule has 0 bridgehead atoms. The number of para-hydroxylation sites is 2. The second-order valence-corrected chi connectivity index (χ2v) is 8.44. The van der Waals surface area contributed by atoms with Crippen LogP contribution in [0.5, 0.6) is 5.75 Å². The number of carbonyl (C=O) groups is 3. The molecular weight excluding hydrogens is 458 g/mol. The summed E-state index contributed by atoms with van der Waals surface area (Å²) in [6.45, 7) is 5.98. The van der Waals surface area contributed by atoms with Crippen LogP contribution in [0.25, 0.3) is 6.08 Å². The Labute approximate surface area is 203 Å². The number of ether oxygens (including phenoxy) is 1. The van der Waals surface area contributed by atoms with E-state index in [4.69, 9.17) is 24.5 Å². The monoisotopic (exact) mass is 489 g/mol. The maximum absolute atomic E-state index is 11.8. The predicted octanol–water partition coefficient (Wildman–Crippen LogP) is 2.64. The number of aliphatic carboxylic acids is 2. The van der Waals surface area contributed by atoms with E-state index in [2.05, 4.69) is 27.2 Å². The van der Waals surface area contributed by atoms with E-state index in [0.717, 1.165) is 62.7 Å². The van der Waals surface area contributed by atoms with E-state index in [1.54, 1.807) is 24.5 Å². The fraction of sp³-hybridized carbons (Fsp3) is 0.375. The Bertz CT molecular complexity index is 928. The third-order valence-electron chi connectivity index (χ3n) is 5.12. The molecule has 1 amide bonds. The first kappa shape index (κ1) is 26.9. The molecule has 184 valence electrons. The molecule has 1 aromatic heterocycles. The van der Waals surface area contributed by atoms with Crippen LogP contribution in [0.15, 0.2) is 47.9 Å². The maximum atomic E-state index is 11.8. The molecule has 34 heavy (non-hydrogen) atoms. The average Bonchev–Trinajstić information content (AvgIpc) is 3.37. The highest BCUT2D eigenvalue weighted by Crippen LogP contribution is 2.28. The largest absolute Gasteiger partial charge is 0.495 e. The van der Waals surface area contributed by atoms with E-state index < -0.39 is 11.9 Å². The van der Waals surface area contributed by atoms with Gasteiger partial charge < -0.3 is 25.2 Å². The van der Waals surface area contributed by atoms with Crippen LogP contribution in [0.4, 0.5) is 5.69 Å². The number of unbranched alkanes of at least 4 members (excludes halogenated alkanes) is 1. The van der Waals surface area contributed by atoms with Gasteiger partial charge in [-0.15, -0.1) is 11.3 Å². The highest BCUT2D eigenvalue weighted by molar-refractivity contribution is 7.10. The van der Waals surface area contributed by atoms with Crippen LogP contribution < -0.4 is 15.0 Å². The molecular formula is C24H31N3O6S. The Morgan fingerprint density at radius 1 is 1.03 bits per heavy atom. The van der Waals surface area contributed by atoms with Gasteiger partial charge in [0.1, 0.15) is 5.75 Å². The van der Waals surface area contributed by atoms with Crippen molar-refractivity contribution in [2.24, 2.45) is 0 Å². The number of thiophene rings is 1. The van der Waals surface area contributed by atoms with Crippen molar-refractivity contribution in [2.75, 3.05) is 51.3 Å². The zero-order valence-corrected chi connectivity index (χ0v) is 20.0. The van der Waals surface area contributed by atoms with Crippen molar-refractivity contribution in [3.63, 3.8) is 0 Å². The van der Waals surface area contributed by atoms with Gasteiger partial charge in [0.15, 0.2) is 0 Å². The van der Waals surface area contributed by atoms with Crippen molar-refractivity contribution in [1.82, 2.24) is 10.2 Å². The Balaban J connectivity index is 0.000000604. The van der Waals surface area contributed by atoms with Gasteiger partial charge in [0.2, 0.25) is 5.91 Å². The number of nitrogens with one attached hydrogen (secondary N) is 1. The fourth-order valence-corrected chi connectivity index (χ4v) is 4.00. The number of carbonyl (C=O) groups excluding carboxylic acids is 1. The van der Waals surface area contributed by atoms with Crippen LogP contribution in [-0.2, 0) is 14.4 Å². The summed E-state index contributed by atoms with van der Waals surface area (Å²) < 4.78 is 5.48. The topological polar surface area (TPSA) is 119 Å². The van der Waals surface area contributed by atoms with E-state index in [-0.39, 0.29) is 5.91 Å². The van der Waals surface area contributed by atoms with E-state index in [9.17, 15) is 4.79 Å². The Kier molecular flexibility index (Phi) is 11.6. The van der Waals surface area contributed by atoms with E-state index in [1.165, 1.54) is 5.69 Å². The number of anilines is 1. The summed E-state index contributed by atoms with van der Waals surface area (Å²) >= 11 is 1.63. The minimum absolute atomic E-state index is 0.0150. The molecule has 1 aliphatic heterocycles. The van der Waals surface area contributed by atoms with Crippen LogP contribution in [0.3, 0.4) is 0 Å². The number of carboxylic acid groups (broad SMARTS) is 2. The maximum Gasteiger partial charge on any atom is 0.414 e. The number of rotatable bonds is 9. The summed E-state index contributed by atoms with van der Waals surface area (Å²) in [4.78, 5) is 36.0. The predicted molar refractivity (Wildman–Crippen MR) is 133 cm³/mol. The lowest BCUT2D eigenvalue weighted by molar-refractivity contribution is -0.159. The summed E-state index contributed by atoms with van der Waals surface area (Å²) in [5.74, 6) is -2.72. The number of carboxylic acids is 2. The lowest BCUT2D eigenvalue weighted by Gasteiger charge is -2.36. The van der Waals surface area contributed by atoms with Crippen molar-refractivity contribution in [1.29, 1.82) is 0 Å². The van der Waals surface area contributed by atoms with Crippen LogP contribution in [-0.4, -0.2) is 79.3 Å². The third-order valence-corrected chi connectivity index (χ3v) is 5.96. The van der Waals surface area contributed by atoms with Gasteiger partial charge in [0, 0.05) is 43.7 Å². The van der Waals surface area contributed by atoms with E-state index in [0.29, 0.717) is 0 Å². The normalized spacial score (nSPS) is 13.7. The van der Waals surface area contributed by atoms with Crippen molar-refractivity contribution < 1.29 is 29.3 Å². The minimum atomic E-state index is -1.82. The molecule has 1 saturated heterocycles. The summed E-state index contributed by atoms with van der Waals surface area (Å²) in [6.07, 6.45) is 5.58. The highest BCUT2D eigenvalue weighted by atomic mass is 32.1. The molecule has 0 saturated carbocycles. The smallest absolute Gasteiger partial charge is 0.414 e. The van der Waals surface area contributed by atoms with Gasteiger partial charge in [0.05, 0.1) is 12.8 Å². The van der Waals surface area contributed by atoms with Crippen LogP contribution in [0.2, 0.25) is 0 Å². The lowest BCUT2D eigenvalue weighted by atomic mass is 10.2. The standard InChI is InChI=1S/C22H29N3O2S.C2H2O4/c1-27-21-9-3-2-8-20(21)25-16-14-24(15-17-25)13-5-4-12-23-22(26)11-10-19-7-6-18-28-19;3-1(4)2(5)6/h2-3,6-11,18H,4-5,12-17H2,1H3,(H,23,26);(H,3,4)(H,5,6)/b11-10+;. The Morgan fingerprint density at radius 3 is 2.35 bits per heavy atom. The van der Waals surface area contributed by atoms with Gasteiger partial charge >= 0.3 is 11.9 Å². The zero-order valence-electron chi connectivity index (χ0n) is 19.2. The molecule has 0 atom stereocenters. The summed E-state index contributed by atoms with van der Waals surface area (Å²) in [6, 6.07) is 12.2. The van der Waals surface area contributed by atoms with E-state index >= 15 is 0 Å².